The van der Waals surface area contributed by atoms with Gasteiger partial charge in [-0.1, -0.05) is 6.07 Å². The van der Waals surface area contributed by atoms with Crippen LogP contribution in [0, 0.1) is 5.41 Å². The monoisotopic (exact) mass is 244 g/mol. The van der Waals surface area contributed by atoms with E-state index in [4.69, 9.17) is 20.6 Å². The van der Waals surface area contributed by atoms with Crippen LogP contribution in [0.2, 0.25) is 0 Å². The first-order chi connectivity index (χ1) is 8.70. The smallest absolute Gasteiger partial charge is 0.249 e. The van der Waals surface area contributed by atoms with E-state index in [-0.39, 0.29) is 11.7 Å². The maximum Gasteiger partial charge on any atom is 0.249 e. The van der Waals surface area contributed by atoms with Crippen LogP contribution in [0.3, 0.4) is 0 Å². The van der Waals surface area contributed by atoms with Crippen molar-refractivity contribution in [3.63, 3.8) is 0 Å². The number of amidine groups is 1. The fourth-order valence-corrected chi connectivity index (χ4v) is 1.38. The first-order valence-corrected chi connectivity index (χ1v) is 5.18. The van der Waals surface area contributed by atoms with E-state index >= 15 is 0 Å². The first kappa shape index (κ1) is 11.8. The maximum absolute atomic E-state index is 7.43. The number of rotatable bonds is 4. The van der Waals surface area contributed by atoms with Crippen LogP contribution in [0.4, 0.5) is 0 Å². The van der Waals surface area contributed by atoms with Gasteiger partial charge in [0.2, 0.25) is 5.88 Å². The molecule has 0 bridgehead atoms. The standard InChI is InChI=1S/C12H12N4O2/c1-17-8-3-2-4-9(7-8)18-12-10(11(13)14)5-6-15-16-12/h2-7H,1H3,(H3,13,14). The second-order valence-electron chi connectivity index (χ2n) is 3.44. The minimum atomic E-state index is -0.122. The van der Waals surface area contributed by atoms with Crippen molar-refractivity contribution in [2.45, 2.75) is 0 Å². The van der Waals surface area contributed by atoms with Gasteiger partial charge in [-0.15, -0.1) is 5.10 Å². The van der Waals surface area contributed by atoms with Crippen LogP contribution in [0.1, 0.15) is 5.56 Å². The summed E-state index contributed by atoms with van der Waals surface area (Å²) in [6.45, 7) is 0. The minimum absolute atomic E-state index is 0.122. The number of ether oxygens (including phenoxy) is 2. The summed E-state index contributed by atoms with van der Waals surface area (Å²) in [5, 5.41) is 15.0. The Balaban J connectivity index is 2.31. The summed E-state index contributed by atoms with van der Waals surface area (Å²) in [5.74, 6) is 1.28. The largest absolute Gasteiger partial charge is 0.497 e. The third-order valence-corrected chi connectivity index (χ3v) is 2.23. The Kier molecular flexibility index (Phi) is 3.38. The highest BCUT2D eigenvalue weighted by Gasteiger charge is 2.09. The molecule has 0 fully saturated rings. The molecule has 6 nitrogen and oxygen atoms in total. The SMILES string of the molecule is COc1cccc(Oc2nnccc2C(=N)N)c1. The Morgan fingerprint density at radius 1 is 1.28 bits per heavy atom. The average Bonchev–Trinajstić information content (AvgIpc) is 2.39. The average molecular weight is 244 g/mol. The molecule has 3 N–H and O–H groups in total. The zero-order valence-electron chi connectivity index (χ0n) is 9.75. The minimum Gasteiger partial charge on any atom is -0.497 e. The molecule has 0 radical (unpaired) electrons. The van der Waals surface area contributed by atoms with Gasteiger partial charge in [-0.05, 0) is 18.2 Å². The Morgan fingerprint density at radius 3 is 2.78 bits per heavy atom. The molecule has 1 aromatic heterocycles. The molecule has 0 spiro atoms. The summed E-state index contributed by atoms with van der Waals surface area (Å²) in [6.07, 6.45) is 1.45. The molecule has 0 saturated carbocycles. The predicted octanol–water partition coefficient (Wildman–Crippen LogP) is 1.56. The number of methoxy groups -OCH3 is 1. The summed E-state index contributed by atoms with van der Waals surface area (Å²) in [4.78, 5) is 0. The highest BCUT2D eigenvalue weighted by atomic mass is 16.5. The number of hydrogen-bond donors (Lipinski definition) is 2. The third kappa shape index (κ3) is 2.54. The second kappa shape index (κ2) is 5.13. The third-order valence-electron chi connectivity index (χ3n) is 2.23. The normalized spacial score (nSPS) is 9.83. The number of aromatic nitrogens is 2. The molecule has 92 valence electrons. The lowest BCUT2D eigenvalue weighted by Crippen LogP contribution is -2.13. The molecule has 0 aliphatic carbocycles. The van der Waals surface area contributed by atoms with Crippen LogP contribution in [-0.2, 0) is 0 Å². The van der Waals surface area contributed by atoms with Crippen LogP contribution >= 0.6 is 0 Å². The van der Waals surface area contributed by atoms with Crippen LogP contribution in [-0.4, -0.2) is 23.1 Å². The van der Waals surface area contributed by atoms with E-state index in [2.05, 4.69) is 10.2 Å². The highest BCUT2D eigenvalue weighted by Crippen LogP contribution is 2.25. The van der Waals surface area contributed by atoms with E-state index in [1.54, 1.807) is 37.4 Å². The van der Waals surface area contributed by atoms with Crippen molar-refractivity contribution in [2.24, 2.45) is 5.73 Å². The molecule has 2 rings (SSSR count). The van der Waals surface area contributed by atoms with Crippen LogP contribution in [0.15, 0.2) is 36.5 Å². The fourth-order valence-electron chi connectivity index (χ4n) is 1.38. The zero-order valence-corrected chi connectivity index (χ0v) is 9.75. The predicted molar refractivity (Wildman–Crippen MR) is 66.1 cm³/mol. The molecular formula is C12H12N4O2. The van der Waals surface area contributed by atoms with Gasteiger partial charge in [-0.3, -0.25) is 5.41 Å². The summed E-state index contributed by atoms with van der Waals surface area (Å²) >= 11 is 0. The molecule has 0 saturated heterocycles. The Bertz CT molecular complexity index is 572. The number of nitrogens with one attached hydrogen (secondary N) is 1. The molecular weight excluding hydrogens is 232 g/mol. The van der Waals surface area contributed by atoms with Crippen LogP contribution in [0.5, 0.6) is 17.4 Å². The topological polar surface area (TPSA) is 94.1 Å². The number of hydrogen-bond acceptors (Lipinski definition) is 5. The molecule has 1 heterocycles. The quantitative estimate of drug-likeness (QED) is 0.628. The van der Waals surface area contributed by atoms with Gasteiger partial charge in [0.15, 0.2) is 0 Å². The second-order valence-corrected chi connectivity index (χ2v) is 3.44. The molecule has 0 atom stereocenters. The Hall–Kier alpha value is -2.63. The number of nitrogen functional groups attached to an aromatic ring is 1. The van der Waals surface area contributed by atoms with E-state index in [9.17, 15) is 0 Å². The number of nitrogens with two attached hydrogens (primary N) is 1. The number of nitrogens with zero attached hydrogens (tertiary/aromatic N) is 2. The van der Waals surface area contributed by atoms with Gasteiger partial charge in [0.25, 0.3) is 0 Å². The summed E-state index contributed by atoms with van der Waals surface area (Å²) < 4.78 is 10.6. The Labute approximate surface area is 104 Å². The van der Waals surface area contributed by atoms with Gasteiger partial charge in [0.05, 0.1) is 18.9 Å². The van der Waals surface area contributed by atoms with Gasteiger partial charge < -0.3 is 15.2 Å². The van der Waals surface area contributed by atoms with Crippen molar-refractivity contribution in [1.82, 2.24) is 10.2 Å². The highest BCUT2D eigenvalue weighted by molar-refractivity contribution is 5.96. The lowest BCUT2D eigenvalue weighted by atomic mass is 10.2. The summed E-state index contributed by atoms with van der Waals surface area (Å²) in [6, 6.07) is 8.62. The molecule has 0 aliphatic rings. The van der Waals surface area contributed by atoms with E-state index in [1.165, 1.54) is 6.20 Å². The first-order valence-electron chi connectivity index (χ1n) is 5.18. The fraction of sp³-hybridized carbons (Fsp3) is 0.0833. The molecule has 0 aliphatic heterocycles. The lowest BCUT2D eigenvalue weighted by Gasteiger charge is -2.08. The van der Waals surface area contributed by atoms with Crippen molar-refractivity contribution in [2.75, 3.05) is 7.11 Å². The number of benzene rings is 1. The van der Waals surface area contributed by atoms with E-state index in [1.807, 2.05) is 0 Å². The van der Waals surface area contributed by atoms with Gasteiger partial charge in [-0.25, -0.2) is 0 Å². The van der Waals surface area contributed by atoms with Gasteiger partial charge in [-0.2, -0.15) is 5.10 Å². The molecule has 1 aromatic carbocycles. The van der Waals surface area contributed by atoms with Crippen molar-refractivity contribution < 1.29 is 9.47 Å². The van der Waals surface area contributed by atoms with Crippen LogP contribution in [0.25, 0.3) is 0 Å². The van der Waals surface area contributed by atoms with Gasteiger partial charge >= 0.3 is 0 Å². The molecule has 6 heteroatoms. The van der Waals surface area contributed by atoms with Crippen molar-refractivity contribution in [1.29, 1.82) is 5.41 Å². The van der Waals surface area contributed by atoms with E-state index in [0.29, 0.717) is 17.1 Å². The van der Waals surface area contributed by atoms with Crippen LogP contribution < -0.4 is 15.2 Å². The molecule has 2 aromatic rings. The molecule has 0 amide bonds. The summed E-state index contributed by atoms with van der Waals surface area (Å²) in [5.41, 5.74) is 5.83. The van der Waals surface area contributed by atoms with E-state index in [0.717, 1.165) is 0 Å². The summed E-state index contributed by atoms with van der Waals surface area (Å²) in [7, 11) is 1.57. The molecule has 0 unspecified atom stereocenters. The zero-order chi connectivity index (χ0) is 13.0. The van der Waals surface area contributed by atoms with Crippen molar-refractivity contribution >= 4 is 5.84 Å². The molecule has 18 heavy (non-hydrogen) atoms. The Morgan fingerprint density at radius 2 is 2.06 bits per heavy atom. The van der Waals surface area contributed by atoms with Crippen molar-refractivity contribution in [3.05, 3.63) is 42.1 Å². The maximum atomic E-state index is 7.43. The van der Waals surface area contributed by atoms with Crippen molar-refractivity contribution in [3.8, 4) is 17.4 Å². The lowest BCUT2D eigenvalue weighted by molar-refractivity contribution is 0.406. The van der Waals surface area contributed by atoms with Gasteiger partial charge in [0, 0.05) is 6.07 Å². The van der Waals surface area contributed by atoms with Gasteiger partial charge in [0.1, 0.15) is 17.3 Å². The van der Waals surface area contributed by atoms with E-state index < -0.39 is 0 Å².